The van der Waals surface area contributed by atoms with Crippen molar-refractivity contribution in [2.45, 2.75) is 46.0 Å². The van der Waals surface area contributed by atoms with Crippen LogP contribution in [0.5, 0.6) is 0 Å². The van der Waals surface area contributed by atoms with E-state index in [9.17, 15) is 4.79 Å². The van der Waals surface area contributed by atoms with Crippen LogP contribution in [0.15, 0.2) is 0 Å². The number of hydrogen-bond acceptors (Lipinski definition) is 2. The van der Waals surface area contributed by atoms with E-state index in [0.29, 0.717) is 11.8 Å². The number of nitrogens with zero attached hydrogens (tertiary/aromatic N) is 2. The first-order valence-electron chi connectivity index (χ1n) is 7.14. The van der Waals surface area contributed by atoms with Crippen LogP contribution in [-0.2, 0) is 4.79 Å². The summed E-state index contributed by atoms with van der Waals surface area (Å²) in [4.78, 5) is 14.3. The minimum atomic E-state index is -0.157. The molecule has 3 nitrogen and oxygen atoms in total. The zero-order valence-electron chi connectivity index (χ0n) is 11.8. The highest BCUT2D eigenvalue weighted by Crippen LogP contribution is 2.58. The van der Waals surface area contributed by atoms with E-state index in [1.165, 1.54) is 19.3 Å². The lowest BCUT2D eigenvalue weighted by Gasteiger charge is -2.56. The molecular weight excluding hydrogens is 224 g/mol. The summed E-state index contributed by atoms with van der Waals surface area (Å²) < 4.78 is 0. The summed E-state index contributed by atoms with van der Waals surface area (Å²) in [6.45, 7) is 4.72. The van der Waals surface area contributed by atoms with Gasteiger partial charge in [0.15, 0.2) is 0 Å². The normalized spacial score (nSPS) is 38.9. The molecule has 3 aliphatic rings. The van der Waals surface area contributed by atoms with Crippen LogP contribution in [0, 0.1) is 34.5 Å². The van der Waals surface area contributed by atoms with Crippen molar-refractivity contribution in [1.29, 1.82) is 5.26 Å². The Labute approximate surface area is 110 Å². The Morgan fingerprint density at radius 3 is 2.72 bits per heavy atom. The van der Waals surface area contributed by atoms with Crippen LogP contribution in [0.1, 0.15) is 46.0 Å². The van der Waals surface area contributed by atoms with Crippen molar-refractivity contribution < 1.29 is 4.79 Å². The number of amides is 1. The highest BCUT2D eigenvalue weighted by Gasteiger charge is 2.57. The smallest absolute Gasteiger partial charge is 0.229 e. The van der Waals surface area contributed by atoms with Crippen LogP contribution in [0.25, 0.3) is 0 Å². The van der Waals surface area contributed by atoms with Gasteiger partial charge in [0.1, 0.15) is 6.54 Å². The summed E-state index contributed by atoms with van der Waals surface area (Å²) in [5, 5.41) is 8.76. The lowest BCUT2D eigenvalue weighted by molar-refractivity contribution is -0.163. The summed E-state index contributed by atoms with van der Waals surface area (Å²) >= 11 is 0. The third-order valence-corrected chi connectivity index (χ3v) is 5.27. The molecule has 0 spiro atoms. The van der Waals surface area contributed by atoms with Crippen molar-refractivity contribution in [2.24, 2.45) is 23.2 Å². The molecule has 18 heavy (non-hydrogen) atoms. The van der Waals surface area contributed by atoms with Gasteiger partial charge in [0.2, 0.25) is 5.91 Å². The van der Waals surface area contributed by atoms with Gasteiger partial charge in [-0.05, 0) is 30.6 Å². The van der Waals surface area contributed by atoms with Gasteiger partial charge in [0, 0.05) is 7.05 Å². The number of fused-ring (bicyclic) bond motifs is 4. The minimum Gasteiger partial charge on any atom is -0.332 e. The Kier molecular flexibility index (Phi) is 3.66. The van der Waals surface area contributed by atoms with E-state index in [0.717, 1.165) is 18.8 Å². The molecule has 0 aromatic rings. The second-order valence-corrected chi connectivity index (χ2v) is 6.47. The van der Waals surface area contributed by atoms with E-state index >= 15 is 0 Å². The van der Waals surface area contributed by atoms with Crippen LogP contribution >= 0.6 is 0 Å². The SMILES string of the molecule is CC1[C@H]2CCC[C@@H](C)CC1(C(=O)N(C)CC#N)C2. The molecule has 3 heteroatoms. The number of carbonyl (C=O) groups excluding carboxylic acids is 1. The quantitative estimate of drug-likeness (QED) is 0.705. The molecule has 0 saturated heterocycles. The molecule has 0 aliphatic heterocycles. The third kappa shape index (κ3) is 2.02. The molecule has 2 unspecified atom stereocenters. The zero-order chi connectivity index (χ0) is 13.3. The van der Waals surface area contributed by atoms with Crippen molar-refractivity contribution in [3.63, 3.8) is 0 Å². The van der Waals surface area contributed by atoms with E-state index in [1.54, 1.807) is 11.9 Å². The topological polar surface area (TPSA) is 44.1 Å². The van der Waals surface area contributed by atoms with Gasteiger partial charge < -0.3 is 4.90 Å². The molecule has 0 radical (unpaired) electrons. The standard InChI is InChI=1S/C15H24N2O/c1-11-5-4-6-13-10-15(9-11,12(13)2)14(18)17(3)8-7-16/h11-13H,4-6,8-10H2,1-3H3/t11-,12?,13+,15?/m1/s1. The molecule has 3 fully saturated rings. The first-order chi connectivity index (χ1) is 8.51. The lowest BCUT2D eigenvalue weighted by Crippen LogP contribution is -2.57. The minimum absolute atomic E-state index is 0.157. The Morgan fingerprint density at radius 1 is 1.39 bits per heavy atom. The maximum atomic E-state index is 12.6. The molecule has 3 aliphatic carbocycles. The van der Waals surface area contributed by atoms with Gasteiger partial charge in [0.25, 0.3) is 0 Å². The number of rotatable bonds is 2. The van der Waals surface area contributed by atoms with Crippen molar-refractivity contribution in [1.82, 2.24) is 4.90 Å². The fourth-order valence-corrected chi connectivity index (χ4v) is 4.12. The van der Waals surface area contributed by atoms with Gasteiger partial charge in [0.05, 0.1) is 11.5 Å². The maximum Gasteiger partial charge on any atom is 0.229 e. The van der Waals surface area contributed by atoms with Gasteiger partial charge in [-0.25, -0.2) is 0 Å². The van der Waals surface area contributed by atoms with Crippen molar-refractivity contribution in [2.75, 3.05) is 13.6 Å². The molecule has 0 aromatic carbocycles. The summed E-state index contributed by atoms with van der Waals surface area (Å²) in [6, 6.07) is 2.08. The summed E-state index contributed by atoms with van der Waals surface area (Å²) in [6.07, 6.45) is 5.91. The van der Waals surface area contributed by atoms with Gasteiger partial charge >= 0.3 is 0 Å². The number of nitriles is 1. The predicted molar refractivity (Wildman–Crippen MR) is 70.6 cm³/mol. The average Bonchev–Trinajstić information content (AvgIpc) is 2.32. The number of carbonyl (C=O) groups is 1. The molecule has 0 N–H and O–H groups in total. The van der Waals surface area contributed by atoms with Crippen LogP contribution in [0.3, 0.4) is 0 Å². The Balaban J connectivity index is 2.17. The van der Waals surface area contributed by atoms with Crippen LogP contribution in [0.2, 0.25) is 0 Å². The number of hydrogen-bond donors (Lipinski definition) is 0. The van der Waals surface area contributed by atoms with Gasteiger partial charge in [-0.1, -0.05) is 33.1 Å². The zero-order valence-corrected chi connectivity index (χ0v) is 11.8. The van der Waals surface area contributed by atoms with Gasteiger partial charge in [-0.2, -0.15) is 5.26 Å². The summed E-state index contributed by atoms with van der Waals surface area (Å²) in [7, 11) is 1.77. The van der Waals surface area contributed by atoms with E-state index in [1.807, 2.05) is 0 Å². The first kappa shape index (κ1) is 13.4. The molecule has 0 aromatic heterocycles. The summed E-state index contributed by atoms with van der Waals surface area (Å²) in [5.74, 6) is 2.07. The van der Waals surface area contributed by atoms with Gasteiger partial charge in [-0.3, -0.25) is 4.79 Å². The highest BCUT2D eigenvalue weighted by molar-refractivity contribution is 5.84. The Bertz CT molecular complexity index is 373. The molecule has 3 saturated carbocycles. The van der Waals surface area contributed by atoms with E-state index in [-0.39, 0.29) is 17.9 Å². The molecule has 2 bridgehead atoms. The molecule has 100 valence electrons. The fraction of sp³-hybridized carbons (Fsp3) is 0.867. The highest BCUT2D eigenvalue weighted by atomic mass is 16.2. The van der Waals surface area contributed by atoms with E-state index < -0.39 is 0 Å². The monoisotopic (exact) mass is 248 g/mol. The summed E-state index contributed by atoms with van der Waals surface area (Å²) in [5.41, 5.74) is -0.157. The lowest BCUT2D eigenvalue weighted by atomic mass is 9.49. The van der Waals surface area contributed by atoms with Crippen LogP contribution in [-0.4, -0.2) is 24.4 Å². The van der Waals surface area contributed by atoms with Crippen LogP contribution < -0.4 is 0 Å². The molecular formula is C15H24N2O. The molecule has 4 atom stereocenters. The predicted octanol–water partition coefficient (Wildman–Crippen LogP) is 2.82. The molecule has 0 heterocycles. The maximum absolute atomic E-state index is 12.6. The average molecular weight is 248 g/mol. The second kappa shape index (κ2) is 4.91. The van der Waals surface area contributed by atoms with Crippen LogP contribution in [0.4, 0.5) is 0 Å². The second-order valence-electron chi connectivity index (χ2n) is 6.47. The largest absolute Gasteiger partial charge is 0.332 e. The Hall–Kier alpha value is -1.04. The van der Waals surface area contributed by atoms with Crippen molar-refractivity contribution in [3.05, 3.63) is 0 Å². The first-order valence-corrected chi connectivity index (χ1v) is 7.14. The van der Waals surface area contributed by atoms with Gasteiger partial charge in [-0.15, -0.1) is 0 Å². The van der Waals surface area contributed by atoms with Crippen molar-refractivity contribution in [3.8, 4) is 6.07 Å². The third-order valence-electron chi connectivity index (χ3n) is 5.27. The molecule has 1 amide bonds. The Morgan fingerprint density at radius 2 is 2.11 bits per heavy atom. The van der Waals surface area contributed by atoms with E-state index in [2.05, 4.69) is 19.9 Å². The van der Waals surface area contributed by atoms with E-state index in [4.69, 9.17) is 5.26 Å². The fourth-order valence-electron chi connectivity index (χ4n) is 4.12. The molecule has 3 rings (SSSR count). The van der Waals surface area contributed by atoms with Crippen molar-refractivity contribution >= 4 is 5.91 Å².